The number of nitrogens with zero attached hydrogens (tertiary/aromatic N) is 1. The van der Waals surface area contributed by atoms with Crippen molar-refractivity contribution in [3.8, 4) is 0 Å². The molecule has 0 aliphatic carbocycles. The Bertz CT molecular complexity index is 658. The first-order valence-corrected chi connectivity index (χ1v) is 6.52. The van der Waals surface area contributed by atoms with Gasteiger partial charge in [0, 0.05) is 10.2 Å². The Hall–Kier alpha value is -2.21. The average molecular weight is 335 g/mol. The molecule has 0 saturated carbocycles. The molecule has 0 unspecified atom stereocenters. The molecular formula is C14H11BrN2O3. The highest BCUT2D eigenvalue weighted by atomic mass is 79.9. The van der Waals surface area contributed by atoms with E-state index in [0.29, 0.717) is 5.69 Å². The summed E-state index contributed by atoms with van der Waals surface area (Å²) in [6.45, 7) is 0. The topological polar surface area (TPSA) is 68.3 Å². The van der Waals surface area contributed by atoms with Gasteiger partial charge in [0.1, 0.15) is 11.4 Å². The number of halogens is 1. The fourth-order valence-electron chi connectivity index (χ4n) is 1.54. The van der Waals surface area contributed by atoms with E-state index < -0.39 is 11.9 Å². The first-order chi connectivity index (χ1) is 9.60. The first kappa shape index (κ1) is 14.2. The van der Waals surface area contributed by atoms with E-state index in [9.17, 15) is 9.59 Å². The second kappa shape index (κ2) is 6.29. The first-order valence-electron chi connectivity index (χ1n) is 5.72. The van der Waals surface area contributed by atoms with Gasteiger partial charge in [-0.15, -0.1) is 0 Å². The van der Waals surface area contributed by atoms with Gasteiger partial charge in [0.25, 0.3) is 5.91 Å². The van der Waals surface area contributed by atoms with Gasteiger partial charge in [-0.2, -0.15) is 0 Å². The number of anilines is 1. The molecule has 6 heteroatoms. The number of esters is 1. The molecule has 1 N–H and O–H groups in total. The van der Waals surface area contributed by atoms with Crippen LogP contribution in [0.3, 0.4) is 0 Å². The summed E-state index contributed by atoms with van der Waals surface area (Å²) in [4.78, 5) is 27.4. The minimum absolute atomic E-state index is 0.0920. The third-order valence-electron chi connectivity index (χ3n) is 2.46. The van der Waals surface area contributed by atoms with Gasteiger partial charge in [0.15, 0.2) is 0 Å². The molecule has 0 bridgehead atoms. The third-order valence-corrected chi connectivity index (χ3v) is 2.95. The van der Waals surface area contributed by atoms with Crippen LogP contribution in [-0.2, 0) is 4.74 Å². The number of benzene rings is 1. The van der Waals surface area contributed by atoms with Gasteiger partial charge in [-0.05, 0) is 30.3 Å². The van der Waals surface area contributed by atoms with Crippen molar-refractivity contribution in [3.63, 3.8) is 0 Å². The van der Waals surface area contributed by atoms with E-state index in [1.165, 1.54) is 19.2 Å². The molecular weight excluding hydrogens is 324 g/mol. The molecule has 0 saturated heterocycles. The number of hydrogen-bond donors (Lipinski definition) is 1. The van der Waals surface area contributed by atoms with Gasteiger partial charge in [0.05, 0.1) is 7.11 Å². The highest BCUT2D eigenvalue weighted by molar-refractivity contribution is 9.10. The van der Waals surface area contributed by atoms with E-state index in [-0.39, 0.29) is 11.4 Å². The maximum Gasteiger partial charge on any atom is 0.356 e. The Morgan fingerprint density at radius 2 is 1.85 bits per heavy atom. The van der Waals surface area contributed by atoms with Crippen LogP contribution in [0.25, 0.3) is 0 Å². The van der Waals surface area contributed by atoms with Gasteiger partial charge in [-0.25, -0.2) is 9.78 Å². The summed E-state index contributed by atoms with van der Waals surface area (Å²) in [5.41, 5.74) is 0.872. The predicted molar refractivity (Wildman–Crippen MR) is 77.7 cm³/mol. The van der Waals surface area contributed by atoms with Crippen molar-refractivity contribution in [2.24, 2.45) is 0 Å². The molecule has 0 spiro atoms. The zero-order valence-corrected chi connectivity index (χ0v) is 12.2. The smallest absolute Gasteiger partial charge is 0.356 e. The van der Waals surface area contributed by atoms with Crippen LogP contribution in [0.4, 0.5) is 5.69 Å². The molecule has 20 heavy (non-hydrogen) atoms. The van der Waals surface area contributed by atoms with Crippen molar-refractivity contribution in [2.75, 3.05) is 12.4 Å². The van der Waals surface area contributed by atoms with Crippen molar-refractivity contribution in [3.05, 3.63) is 58.3 Å². The zero-order valence-electron chi connectivity index (χ0n) is 10.6. The standard InChI is InChI=1S/C14H11BrN2O3/c1-20-14(19)12-7-3-6-11(17-12)13(18)16-10-5-2-4-9(15)8-10/h2-8H,1H3,(H,16,18). The summed E-state index contributed by atoms with van der Waals surface area (Å²) >= 11 is 3.32. The Balaban J connectivity index is 2.19. The van der Waals surface area contributed by atoms with Crippen LogP contribution in [0.15, 0.2) is 46.9 Å². The Kier molecular flexibility index (Phi) is 4.47. The molecule has 0 aliphatic rings. The van der Waals surface area contributed by atoms with Crippen molar-refractivity contribution in [1.29, 1.82) is 0 Å². The van der Waals surface area contributed by atoms with Crippen LogP contribution >= 0.6 is 15.9 Å². The number of carbonyl (C=O) groups is 2. The number of pyridine rings is 1. The van der Waals surface area contributed by atoms with Crippen molar-refractivity contribution in [2.45, 2.75) is 0 Å². The number of rotatable bonds is 3. The number of carbonyl (C=O) groups excluding carboxylic acids is 2. The Morgan fingerprint density at radius 1 is 1.15 bits per heavy atom. The molecule has 1 aromatic carbocycles. The number of ether oxygens (including phenoxy) is 1. The molecule has 1 aromatic heterocycles. The van der Waals surface area contributed by atoms with Crippen molar-refractivity contribution in [1.82, 2.24) is 4.98 Å². The second-order valence-electron chi connectivity index (χ2n) is 3.86. The lowest BCUT2D eigenvalue weighted by Gasteiger charge is -2.06. The van der Waals surface area contributed by atoms with E-state index in [2.05, 4.69) is 31.0 Å². The second-order valence-corrected chi connectivity index (χ2v) is 4.78. The van der Waals surface area contributed by atoms with Crippen LogP contribution in [0.2, 0.25) is 0 Å². The monoisotopic (exact) mass is 334 g/mol. The van der Waals surface area contributed by atoms with Gasteiger partial charge in [-0.1, -0.05) is 28.1 Å². The summed E-state index contributed by atoms with van der Waals surface area (Å²) in [6.07, 6.45) is 0. The molecule has 2 aromatic rings. The molecule has 5 nitrogen and oxygen atoms in total. The number of methoxy groups -OCH3 is 1. The van der Waals surface area contributed by atoms with Crippen LogP contribution in [0, 0.1) is 0 Å². The van der Waals surface area contributed by atoms with E-state index in [1.807, 2.05) is 6.07 Å². The van der Waals surface area contributed by atoms with Crippen LogP contribution in [0.5, 0.6) is 0 Å². The maximum absolute atomic E-state index is 12.0. The molecule has 0 radical (unpaired) electrons. The molecule has 102 valence electrons. The number of aromatic nitrogens is 1. The van der Waals surface area contributed by atoms with E-state index in [0.717, 1.165) is 4.47 Å². The van der Waals surface area contributed by atoms with E-state index in [4.69, 9.17) is 0 Å². The summed E-state index contributed by atoms with van der Waals surface area (Å²) in [6, 6.07) is 11.8. The lowest BCUT2D eigenvalue weighted by Crippen LogP contribution is -2.15. The largest absolute Gasteiger partial charge is 0.464 e. The highest BCUT2D eigenvalue weighted by Crippen LogP contribution is 2.16. The zero-order chi connectivity index (χ0) is 14.5. The van der Waals surface area contributed by atoms with Gasteiger partial charge >= 0.3 is 5.97 Å². The molecule has 1 heterocycles. The summed E-state index contributed by atoms with van der Waals surface area (Å²) in [5.74, 6) is -0.976. The lowest BCUT2D eigenvalue weighted by molar-refractivity contribution is 0.0594. The highest BCUT2D eigenvalue weighted by Gasteiger charge is 2.12. The minimum atomic E-state index is -0.581. The van der Waals surface area contributed by atoms with Crippen LogP contribution < -0.4 is 5.32 Å². The number of hydrogen-bond acceptors (Lipinski definition) is 4. The maximum atomic E-state index is 12.0. The van der Waals surface area contributed by atoms with Crippen molar-refractivity contribution < 1.29 is 14.3 Å². The van der Waals surface area contributed by atoms with Crippen LogP contribution in [0.1, 0.15) is 21.0 Å². The normalized spacial score (nSPS) is 9.90. The quantitative estimate of drug-likeness (QED) is 0.876. The van der Waals surface area contributed by atoms with E-state index in [1.54, 1.807) is 24.3 Å². The van der Waals surface area contributed by atoms with Gasteiger partial charge < -0.3 is 10.1 Å². The molecule has 0 fully saturated rings. The summed E-state index contributed by atoms with van der Waals surface area (Å²) < 4.78 is 5.42. The summed E-state index contributed by atoms with van der Waals surface area (Å²) in [5, 5.41) is 2.70. The molecule has 0 aliphatic heterocycles. The molecule has 0 atom stereocenters. The summed E-state index contributed by atoms with van der Waals surface area (Å²) in [7, 11) is 1.26. The lowest BCUT2D eigenvalue weighted by atomic mass is 10.2. The predicted octanol–water partition coefficient (Wildman–Crippen LogP) is 2.88. The Labute approximate surface area is 124 Å². The van der Waals surface area contributed by atoms with Gasteiger partial charge in [0.2, 0.25) is 0 Å². The van der Waals surface area contributed by atoms with Crippen molar-refractivity contribution >= 4 is 33.5 Å². The average Bonchev–Trinajstić information content (AvgIpc) is 2.46. The third kappa shape index (κ3) is 3.42. The molecule has 2 rings (SSSR count). The Morgan fingerprint density at radius 3 is 2.55 bits per heavy atom. The SMILES string of the molecule is COC(=O)c1cccc(C(=O)Nc2cccc(Br)c2)n1. The fourth-order valence-corrected chi connectivity index (χ4v) is 1.94. The minimum Gasteiger partial charge on any atom is -0.464 e. The van der Waals surface area contributed by atoms with Gasteiger partial charge in [-0.3, -0.25) is 4.79 Å². The van der Waals surface area contributed by atoms with Crippen LogP contribution in [-0.4, -0.2) is 24.0 Å². The van der Waals surface area contributed by atoms with E-state index >= 15 is 0 Å². The molecule has 1 amide bonds. The fraction of sp³-hybridized carbons (Fsp3) is 0.0714. The number of amides is 1. The number of nitrogens with one attached hydrogen (secondary N) is 1.